The van der Waals surface area contributed by atoms with Crippen molar-refractivity contribution in [2.45, 2.75) is 57.7 Å². The topological polar surface area (TPSA) is 29.5 Å². The molecule has 1 aliphatic rings. The van der Waals surface area contributed by atoms with Crippen LogP contribution < -0.4 is 0 Å². The molecule has 88 valence electrons. The van der Waals surface area contributed by atoms with Crippen LogP contribution in [-0.2, 0) is 9.53 Å². The van der Waals surface area contributed by atoms with Gasteiger partial charge in [0.1, 0.15) is 12.9 Å². The van der Waals surface area contributed by atoms with Crippen LogP contribution in [0.4, 0.5) is 0 Å². The van der Waals surface area contributed by atoms with Crippen LogP contribution in [0, 0.1) is 0 Å². The van der Waals surface area contributed by atoms with Crippen molar-refractivity contribution < 1.29 is 9.53 Å². The van der Waals surface area contributed by atoms with Crippen LogP contribution in [0.2, 0.25) is 0 Å². The van der Waals surface area contributed by atoms with Gasteiger partial charge in [0.2, 0.25) is 0 Å². The zero-order chi connectivity index (χ0) is 11.7. The molecule has 1 rings (SSSR count). The minimum atomic E-state index is 0.134. The quantitative estimate of drug-likeness (QED) is 0.670. The summed E-state index contributed by atoms with van der Waals surface area (Å²) in [4.78, 5) is 12.7. The van der Waals surface area contributed by atoms with Crippen LogP contribution in [0.3, 0.4) is 0 Å². The number of hydrogen-bond donors (Lipinski definition) is 0. The Morgan fingerprint density at radius 2 is 1.73 bits per heavy atom. The number of rotatable bonds is 3. The Morgan fingerprint density at radius 1 is 1.27 bits per heavy atom. The Kier molecular flexibility index (Phi) is 3.56. The lowest BCUT2D eigenvalue weighted by Gasteiger charge is -2.53. The summed E-state index contributed by atoms with van der Waals surface area (Å²) in [7, 11) is 2.16. The molecule has 1 heterocycles. The Balaban J connectivity index is 2.70. The number of carbonyl (C=O) groups excluding carboxylic acids is 1. The third-order valence-corrected chi connectivity index (χ3v) is 3.67. The van der Waals surface area contributed by atoms with E-state index < -0.39 is 0 Å². The fourth-order valence-electron chi connectivity index (χ4n) is 2.57. The van der Waals surface area contributed by atoms with E-state index in [1.807, 2.05) is 0 Å². The smallest absolute Gasteiger partial charge is 0.145 e. The molecule has 0 aromatic rings. The summed E-state index contributed by atoms with van der Waals surface area (Å²) in [6.07, 6.45) is 3.01. The van der Waals surface area contributed by atoms with E-state index in [0.29, 0.717) is 0 Å². The molecule has 0 aromatic carbocycles. The van der Waals surface area contributed by atoms with Crippen molar-refractivity contribution in [1.82, 2.24) is 4.90 Å². The second-order valence-corrected chi connectivity index (χ2v) is 5.71. The molecule has 0 saturated carbocycles. The van der Waals surface area contributed by atoms with Gasteiger partial charge in [-0.25, -0.2) is 0 Å². The molecule has 0 N–H and O–H groups in total. The van der Waals surface area contributed by atoms with Gasteiger partial charge in [-0.15, -0.1) is 0 Å². The molecule has 0 aromatic heterocycles. The monoisotopic (exact) mass is 213 g/mol. The highest BCUT2D eigenvalue weighted by Gasteiger charge is 2.43. The normalized spacial score (nSPS) is 26.5. The Labute approximate surface area is 92.8 Å². The van der Waals surface area contributed by atoms with Crippen molar-refractivity contribution in [2.75, 3.05) is 13.7 Å². The predicted molar refractivity (Wildman–Crippen MR) is 61.0 cm³/mol. The molecule has 0 unspecified atom stereocenters. The number of piperidine rings is 1. The molecule has 0 amide bonds. The van der Waals surface area contributed by atoms with Gasteiger partial charge in [0.25, 0.3) is 0 Å². The standard InChI is InChI=1S/C12H23NO2/c1-11(2)8-10(15-7-6-14)9-12(3,4)13(11)5/h6,10H,7-9H2,1-5H3. The van der Waals surface area contributed by atoms with Gasteiger partial charge in [0.05, 0.1) is 6.10 Å². The molecule has 0 aliphatic carbocycles. The van der Waals surface area contributed by atoms with E-state index in [2.05, 4.69) is 39.6 Å². The second kappa shape index (κ2) is 4.22. The molecule has 0 atom stereocenters. The maximum Gasteiger partial charge on any atom is 0.145 e. The van der Waals surface area contributed by atoms with E-state index in [0.717, 1.165) is 19.1 Å². The van der Waals surface area contributed by atoms with E-state index in [9.17, 15) is 4.79 Å². The highest BCUT2D eigenvalue weighted by Crippen LogP contribution is 2.37. The molecule has 0 bridgehead atoms. The Bertz CT molecular complexity index is 218. The minimum absolute atomic E-state index is 0.134. The zero-order valence-electron chi connectivity index (χ0n) is 10.5. The average molecular weight is 213 g/mol. The van der Waals surface area contributed by atoms with Gasteiger partial charge in [0.15, 0.2) is 0 Å². The zero-order valence-corrected chi connectivity index (χ0v) is 10.5. The van der Waals surface area contributed by atoms with E-state index in [4.69, 9.17) is 4.74 Å². The number of carbonyl (C=O) groups is 1. The lowest BCUT2D eigenvalue weighted by atomic mass is 9.79. The maximum atomic E-state index is 10.3. The molecule has 3 nitrogen and oxygen atoms in total. The predicted octanol–water partition coefficient (Wildman–Crippen LogP) is 1.85. The van der Waals surface area contributed by atoms with Crippen molar-refractivity contribution in [2.24, 2.45) is 0 Å². The van der Waals surface area contributed by atoms with Crippen LogP contribution in [0.15, 0.2) is 0 Å². The molecule has 1 aliphatic heterocycles. The second-order valence-electron chi connectivity index (χ2n) is 5.71. The first-order valence-electron chi connectivity index (χ1n) is 5.59. The molecule has 1 fully saturated rings. The van der Waals surface area contributed by atoms with Gasteiger partial charge in [-0.3, -0.25) is 4.90 Å². The Hall–Kier alpha value is -0.410. The summed E-state index contributed by atoms with van der Waals surface area (Å²) in [5.41, 5.74) is 0.268. The van der Waals surface area contributed by atoms with Crippen molar-refractivity contribution >= 4 is 6.29 Å². The molecule has 0 spiro atoms. The van der Waals surface area contributed by atoms with E-state index in [1.54, 1.807) is 0 Å². The largest absolute Gasteiger partial charge is 0.371 e. The van der Waals surface area contributed by atoms with Crippen LogP contribution in [0.25, 0.3) is 0 Å². The van der Waals surface area contributed by atoms with Gasteiger partial charge in [0, 0.05) is 11.1 Å². The van der Waals surface area contributed by atoms with E-state index in [1.165, 1.54) is 0 Å². The minimum Gasteiger partial charge on any atom is -0.371 e. The molecule has 1 saturated heterocycles. The SMILES string of the molecule is CN1C(C)(C)CC(OCC=O)CC1(C)C. The van der Waals surface area contributed by atoms with Crippen LogP contribution in [-0.4, -0.2) is 42.0 Å². The van der Waals surface area contributed by atoms with Crippen LogP contribution in [0.1, 0.15) is 40.5 Å². The maximum absolute atomic E-state index is 10.3. The summed E-state index contributed by atoms with van der Waals surface area (Å²) in [5.74, 6) is 0. The number of hydrogen-bond acceptors (Lipinski definition) is 3. The van der Waals surface area contributed by atoms with Gasteiger partial charge >= 0.3 is 0 Å². The highest BCUT2D eigenvalue weighted by molar-refractivity contribution is 5.50. The summed E-state index contributed by atoms with van der Waals surface area (Å²) in [6.45, 7) is 9.13. The van der Waals surface area contributed by atoms with Gasteiger partial charge < -0.3 is 9.53 Å². The van der Waals surface area contributed by atoms with Crippen molar-refractivity contribution in [3.8, 4) is 0 Å². The Morgan fingerprint density at radius 3 is 2.13 bits per heavy atom. The molecule has 3 heteroatoms. The first kappa shape index (κ1) is 12.7. The lowest BCUT2D eigenvalue weighted by Crippen LogP contribution is -2.60. The van der Waals surface area contributed by atoms with Crippen molar-refractivity contribution in [3.63, 3.8) is 0 Å². The number of aldehydes is 1. The first-order valence-corrected chi connectivity index (χ1v) is 5.59. The molecular weight excluding hydrogens is 190 g/mol. The number of ether oxygens (including phenoxy) is 1. The third-order valence-electron chi connectivity index (χ3n) is 3.67. The van der Waals surface area contributed by atoms with E-state index >= 15 is 0 Å². The summed E-state index contributed by atoms with van der Waals surface area (Å²) < 4.78 is 5.56. The lowest BCUT2D eigenvalue weighted by molar-refractivity contribution is -0.122. The third kappa shape index (κ3) is 2.79. The van der Waals surface area contributed by atoms with Gasteiger partial charge in [-0.05, 0) is 47.6 Å². The van der Waals surface area contributed by atoms with Crippen LogP contribution in [0.5, 0.6) is 0 Å². The molecular formula is C12H23NO2. The van der Waals surface area contributed by atoms with Crippen LogP contribution >= 0.6 is 0 Å². The summed E-state index contributed by atoms with van der Waals surface area (Å²) >= 11 is 0. The first-order chi connectivity index (χ1) is 6.79. The summed E-state index contributed by atoms with van der Waals surface area (Å²) in [6, 6.07) is 0. The fourth-order valence-corrected chi connectivity index (χ4v) is 2.57. The average Bonchev–Trinajstić information content (AvgIpc) is 2.10. The molecule has 15 heavy (non-hydrogen) atoms. The van der Waals surface area contributed by atoms with Crippen molar-refractivity contribution in [1.29, 1.82) is 0 Å². The van der Waals surface area contributed by atoms with Gasteiger partial charge in [-0.1, -0.05) is 0 Å². The van der Waals surface area contributed by atoms with Crippen molar-refractivity contribution in [3.05, 3.63) is 0 Å². The molecule has 0 radical (unpaired) electrons. The van der Waals surface area contributed by atoms with Gasteiger partial charge in [-0.2, -0.15) is 0 Å². The fraction of sp³-hybridized carbons (Fsp3) is 0.917. The van der Waals surface area contributed by atoms with E-state index in [-0.39, 0.29) is 23.8 Å². The highest BCUT2D eigenvalue weighted by atomic mass is 16.5. The summed E-state index contributed by atoms with van der Waals surface area (Å²) in [5, 5.41) is 0. The number of nitrogens with zero attached hydrogens (tertiary/aromatic N) is 1. The number of likely N-dealkylation sites (tertiary alicyclic amines) is 1.